The highest BCUT2D eigenvalue weighted by molar-refractivity contribution is 5.88. The molecule has 0 bridgehead atoms. The minimum Gasteiger partial charge on any atom is -0.388 e. The van der Waals surface area contributed by atoms with E-state index in [-0.39, 0.29) is 27.1 Å². The van der Waals surface area contributed by atoms with Gasteiger partial charge in [-0.2, -0.15) is 0 Å². The normalized spacial score (nSPS) is 17.3. The maximum Gasteiger partial charge on any atom is 0.0411 e. The summed E-state index contributed by atoms with van der Waals surface area (Å²) < 4.78 is 0. The first kappa shape index (κ1) is 55.9. The Hall–Kier alpha value is -6.38. The molecule has 0 spiro atoms. The van der Waals surface area contributed by atoms with Crippen molar-refractivity contribution < 1.29 is 0 Å². The average Bonchev–Trinajstić information content (AvgIpc) is 3.72. The van der Waals surface area contributed by atoms with E-state index in [0.29, 0.717) is 0 Å². The molecule has 3 aliphatic rings. The molecule has 1 atom stereocenters. The standard InChI is InChI=1S/C51H58N2.C18H24.C2H6/c1-12-16-38(21-19-36(48(2,3)4)33-51(9)27-14-13-15-28-51)53(11)39-22-26-43-41-24-18-35(30-45(41)50(7,8)47(43)32-39)34-17-23-40-42-25-20-37(52-10)31-46(42)49(5,6)44(40)29-34;1-6-9-16-11-8-7-10-15(2)14-17(13-12-16)18(3,4)5;1-2/h13-27,29-33,52H,12,28H2,1-11H3;7-14H,2,6H2,1,3-5H3;1-2H3/b21-19-,36-33+,38-16-;10-7?,11-8?,13-12?,16-9+,17-14?;. The highest BCUT2D eigenvalue weighted by Crippen LogP contribution is 2.53. The highest BCUT2D eigenvalue weighted by Gasteiger charge is 2.38. The molecule has 0 fully saturated rings. The Balaban J connectivity index is 0.000000367. The van der Waals surface area contributed by atoms with E-state index in [1.807, 2.05) is 33.0 Å². The molecule has 1 unspecified atom stereocenters. The van der Waals surface area contributed by atoms with Gasteiger partial charge in [-0.15, -0.1) is 0 Å². The van der Waals surface area contributed by atoms with E-state index >= 15 is 0 Å². The molecule has 5 aromatic carbocycles. The quantitative estimate of drug-likeness (QED) is 0.148. The average molecular weight is 969 g/mol. The fraction of sp³-hybridized carbons (Fsp3) is 0.352. The van der Waals surface area contributed by atoms with E-state index in [1.165, 1.54) is 83.4 Å². The minimum absolute atomic E-state index is 0.0302. The second-order valence-electron chi connectivity index (χ2n) is 23.4. The Morgan fingerprint density at radius 1 is 0.644 bits per heavy atom. The van der Waals surface area contributed by atoms with Gasteiger partial charge in [0, 0.05) is 47.4 Å². The zero-order valence-electron chi connectivity index (χ0n) is 47.9. The summed E-state index contributed by atoms with van der Waals surface area (Å²) in [7, 11) is 4.21. The summed E-state index contributed by atoms with van der Waals surface area (Å²) in [6, 6.07) is 42.9. The largest absolute Gasteiger partial charge is 0.388 e. The fourth-order valence-corrected chi connectivity index (χ4v) is 10.5. The van der Waals surface area contributed by atoms with Crippen molar-refractivity contribution in [2.45, 2.75) is 139 Å². The molecule has 2 heteroatoms. The summed E-state index contributed by atoms with van der Waals surface area (Å²) in [5.74, 6) is 0. The van der Waals surface area contributed by atoms with Crippen LogP contribution in [-0.4, -0.2) is 14.1 Å². The number of rotatable bonds is 9. The van der Waals surface area contributed by atoms with Crippen molar-refractivity contribution in [2.24, 2.45) is 10.8 Å². The van der Waals surface area contributed by atoms with Crippen LogP contribution in [0.5, 0.6) is 0 Å². The minimum atomic E-state index is -0.128. The monoisotopic (exact) mass is 969 g/mol. The van der Waals surface area contributed by atoms with E-state index in [1.54, 1.807) is 0 Å². The fourth-order valence-electron chi connectivity index (χ4n) is 10.5. The highest BCUT2D eigenvalue weighted by atomic mass is 15.1. The Morgan fingerprint density at radius 2 is 1.21 bits per heavy atom. The van der Waals surface area contributed by atoms with Crippen molar-refractivity contribution in [2.75, 3.05) is 24.3 Å². The molecular formula is C71H88N2. The molecule has 0 radical (unpaired) electrons. The smallest absolute Gasteiger partial charge is 0.0411 e. The first-order valence-electron chi connectivity index (χ1n) is 27.1. The van der Waals surface area contributed by atoms with Crippen molar-refractivity contribution in [3.8, 4) is 33.4 Å². The summed E-state index contributed by atoms with van der Waals surface area (Å²) in [6.45, 7) is 37.9. The van der Waals surface area contributed by atoms with Gasteiger partial charge in [0.25, 0.3) is 0 Å². The van der Waals surface area contributed by atoms with E-state index in [4.69, 9.17) is 0 Å². The van der Waals surface area contributed by atoms with Gasteiger partial charge in [0.05, 0.1) is 0 Å². The lowest BCUT2D eigenvalue weighted by Gasteiger charge is -2.29. The summed E-state index contributed by atoms with van der Waals surface area (Å²) >= 11 is 0. The molecule has 382 valence electrons. The van der Waals surface area contributed by atoms with Gasteiger partial charge in [-0.3, -0.25) is 0 Å². The first-order chi connectivity index (χ1) is 34.5. The van der Waals surface area contributed by atoms with Gasteiger partial charge in [0.2, 0.25) is 0 Å². The lowest BCUT2D eigenvalue weighted by Crippen LogP contribution is -2.19. The van der Waals surface area contributed by atoms with Gasteiger partial charge in [0.15, 0.2) is 0 Å². The van der Waals surface area contributed by atoms with Crippen molar-refractivity contribution >= 4 is 24.0 Å². The Morgan fingerprint density at radius 3 is 1.74 bits per heavy atom. The number of nitrogens with zero attached hydrogens (tertiary/aromatic N) is 1. The van der Waals surface area contributed by atoms with E-state index in [0.717, 1.165) is 30.2 Å². The molecule has 5 aromatic rings. The van der Waals surface area contributed by atoms with E-state index in [9.17, 15) is 0 Å². The second kappa shape index (κ2) is 22.8. The molecule has 0 aliphatic heterocycles. The van der Waals surface area contributed by atoms with Crippen LogP contribution < -0.4 is 20.7 Å². The Labute approximate surface area is 443 Å². The van der Waals surface area contributed by atoms with Crippen LogP contribution >= 0.6 is 0 Å². The van der Waals surface area contributed by atoms with Crippen LogP contribution in [0, 0.1) is 10.8 Å². The van der Waals surface area contributed by atoms with Gasteiger partial charge in [-0.25, -0.2) is 0 Å². The van der Waals surface area contributed by atoms with E-state index < -0.39 is 0 Å². The van der Waals surface area contributed by atoms with Crippen LogP contribution in [-0.2, 0) is 16.2 Å². The first-order valence-corrected chi connectivity index (χ1v) is 27.1. The molecular weight excluding hydrogens is 881 g/mol. The molecule has 0 heterocycles. The Bertz CT molecular complexity index is 3130. The number of hydrogen-bond donors (Lipinski definition) is 1. The van der Waals surface area contributed by atoms with Crippen LogP contribution in [0.2, 0.25) is 0 Å². The van der Waals surface area contributed by atoms with Crippen molar-refractivity contribution in [1.82, 2.24) is 0 Å². The van der Waals surface area contributed by atoms with Gasteiger partial charge >= 0.3 is 0 Å². The second-order valence-corrected chi connectivity index (χ2v) is 23.4. The third kappa shape index (κ3) is 12.5. The summed E-state index contributed by atoms with van der Waals surface area (Å²) in [6.07, 6.45) is 23.7. The molecule has 2 nitrogen and oxygen atoms in total. The summed E-state index contributed by atoms with van der Waals surface area (Å²) in [5, 5.41) is 5.63. The maximum atomic E-state index is 4.06. The van der Waals surface area contributed by atoms with E-state index in [2.05, 4.69) is 272 Å². The topological polar surface area (TPSA) is 15.3 Å². The van der Waals surface area contributed by atoms with Crippen molar-refractivity contribution in [3.05, 3.63) is 213 Å². The number of anilines is 2. The zero-order valence-corrected chi connectivity index (χ0v) is 47.9. The molecule has 0 amide bonds. The molecule has 1 N–H and O–H groups in total. The van der Waals surface area contributed by atoms with Crippen LogP contribution in [0.15, 0.2) is 175 Å². The van der Waals surface area contributed by atoms with Crippen LogP contribution in [0.4, 0.5) is 11.4 Å². The number of nitrogens with one attached hydrogen (secondary N) is 1. The maximum absolute atomic E-state index is 4.06. The van der Waals surface area contributed by atoms with Crippen LogP contribution in [0.3, 0.4) is 0 Å². The predicted octanol–water partition coefficient (Wildman–Crippen LogP) is 18.5. The van der Waals surface area contributed by atoms with Gasteiger partial charge in [-0.1, -0.05) is 238 Å². The molecule has 0 aromatic heterocycles. The number of fused-ring (bicyclic) bond motifs is 6. The molecule has 73 heavy (non-hydrogen) atoms. The Kier molecular flexibility index (Phi) is 17.5. The predicted molar refractivity (Wildman–Crippen MR) is 325 cm³/mol. The van der Waals surface area contributed by atoms with Crippen LogP contribution in [0.1, 0.15) is 151 Å². The SMILES string of the molecule is C=c1cccc/c(=C\CC)ccc(C(C)(C)C)c1.CC.CC/C=C(/C=C\C(=C/C1(C)C=CC=CC1)C(C)(C)C)N(C)c1ccc2c(c1)C(C)(C)c1cc(-c3ccc4c(c3)C(C)(C)c3cc(NC)ccc3-4)ccc1-2. The molecule has 0 saturated heterocycles. The number of hydrogen-bond acceptors (Lipinski definition) is 2. The summed E-state index contributed by atoms with van der Waals surface area (Å²) in [5.41, 5.74) is 19.8. The molecule has 0 saturated carbocycles. The zero-order chi connectivity index (χ0) is 53.5. The third-order valence-corrected chi connectivity index (χ3v) is 15.0. The number of allylic oxidation sites excluding steroid dienone is 9. The lowest BCUT2D eigenvalue weighted by molar-refractivity contribution is 0.486. The molecule has 3 aliphatic carbocycles. The number of benzene rings is 4. The van der Waals surface area contributed by atoms with Gasteiger partial charge in [0.1, 0.15) is 0 Å². The van der Waals surface area contributed by atoms with Crippen molar-refractivity contribution in [1.29, 1.82) is 0 Å². The molecule has 8 rings (SSSR count). The third-order valence-electron chi connectivity index (χ3n) is 15.0. The number of likely N-dealkylation sites (N-methyl/N-ethyl adjacent to an activating group) is 1. The van der Waals surface area contributed by atoms with Gasteiger partial charge in [-0.05, 0) is 150 Å². The summed E-state index contributed by atoms with van der Waals surface area (Å²) in [4.78, 5) is 2.36. The van der Waals surface area contributed by atoms with Gasteiger partial charge < -0.3 is 10.2 Å². The van der Waals surface area contributed by atoms with Crippen LogP contribution in [0.25, 0.3) is 46.0 Å². The van der Waals surface area contributed by atoms with Crippen molar-refractivity contribution in [3.63, 3.8) is 0 Å². The lowest BCUT2D eigenvalue weighted by atomic mass is 9.76.